The van der Waals surface area contributed by atoms with Gasteiger partial charge in [0.2, 0.25) is 23.6 Å². The molecule has 4 aliphatic carbocycles. The average molecular weight is 427 g/mol. The van der Waals surface area contributed by atoms with E-state index in [2.05, 4.69) is 6.92 Å². The van der Waals surface area contributed by atoms with Crippen LogP contribution in [0.3, 0.4) is 0 Å². The normalized spacial score (nSPS) is 48.8. The number of imide groups is 2. The van der Waals surface area contributed by atoms with E-state index in [1.807, 2.05) is 0 Å². The largest absolute Gasteiger partial charge is 0.285 e. The molecule has 6 unspecified atom stereocenters. The molecule has 0 aromatic carbocycles. The fraction of sp³-hybridized carbons (Fsp3) is 0.840. The Hall–Kier alpha value is -1.72. The quantitative estimate of drug-likeness (QED) is 0.651. The van der Waals surface area contributed by atoms with Gasteiger partial charge in [0.15, 0.2) is 0 Å². The molecule has 6 fully saturated rings. The maximum Gasteiger partial charge on any atom is 0.233 e. The van der Waals surface area contributed by atoms with Crippen molar-refractivity contribution in [3.63, 3.8) is 0 Å². The van der Waals surface area contributed by atoms with E-state index < -0.39 is 0 Å². The third kappa shape index (κ3) is 2.62. The Bertz CT molecular complexity index is 792. The van der Waals surface area contributed by atoms with Crippen molar-refractivity contribution in [1.82, 2.24) is 9.80 Å². The van der Waals surface area contributed by atoms with Gasteiger partial charge < -0.3 is 0 Å². The zero-order chi connectivity index (χ0) is 21.6. The third-order valence-electron chi connectivity index (χ3n) is 10.1. The predicted octanol–water partition coefficient (Wildman–Crippen LogP) is 2.85. The van der Waals surface area contributed by atoms with Crippen molar-refractivity contribution in [2.24, 2.45) is 53.3 Å². The summed E-state index contributed by atoms with van der Waals surface area (Å²) >= 11 is 0. The molecule has 2 saturated heterocycles. The van der Waals surface area contributed by atoms with Crippen LogP contribution in [0.4, 0.5) is 0 Å². The van der Waals surface area contributed by atoms with Crippen molar-refractivity contribution in [2.75, 3.05) is 7.05 Å². The minimum absolute atomic E-state index is 0.0292. The van der Waals surface area contributed by atoms with E-state index in [4.69, 9.17) is 0 Å². The summed E-state index contributed by atoms with van der Waals surface area (Å²) in [6.07, 6.45) is 10.9. The molecule has 4 saturated carbocycles. The molecular weight excluding hydrogens is 392 g/mol. The molecule has 6 aliphatic rings. The van der Waals surface area contributed by atoms with Gasteiger partial charge in [-0.05, 0) is 61.7 Å². The smallest absolute Gasteiger partial charge is 0.233 e. The van der Waals surface area contributed by atoms with Crippen LogP contribution in [0.2, 0.25) is 0 Å². The highest BCUT2D eigenvalue weighted by Crippen LogP contribution is 2.70. The number of carbonyl (C=O) groups is 4. The van der Waals surface area contributed by atoms with Gasteiger partial charge in [-0.2, -0.15) is 0 Å². The number of fused-ring (bicyclic) bond motifs is 7. The van der Waals surface area contributed by atoms with Gasteiger partial charge in [0.05, 0.1) is 23.7 Å². The summed E-state index contributed by atoms with van der Waals surface area (Å²) in [5.41, 5.74) is 0. The number of amides is 4. The first kappa shape index (κ1) is 19.9. The molecule has 0 aromatic heterocycles. The van der Waals surface area contributed by atoms with Crippen molar-refractivity contribution in [3.8, 4) is 0 Å². The van der Waals surface area contributed by atoms with Crippen LogP contribution in [-0.4, -0.2) is 46.5 Å². The standard InChI is InChI=1S/C25H34N2O4/c1-12-3-5-13(6-4-12)11-14-7-9-15(10-8-14)27-24(30)20-16-17(21(20)25(27)31)19-18(16)22(28)26(2)23(19)29/h12-21H,3-11H2,1-2H3. The molecule has 4 amide bonds. The third-order valence-corrected chi connectivity index (χ3v) is 10.1. The summed E-state index contributed by atoms with van der Waals surface area (Å²) in [6, 6.07) is 0.0292. The Morgan fingerprint density at radius 2 is 1.06 bits per heavy atom. The van der Waals surface area contributed by atoms with Crippen LogP contribution in [0, 0.1) is 53.3 Å². The van der Waals surface area contributed by atoms with E-state index in [1.165, 1.54) is 44.1 Å². The molecule has 0 N–H and O–H groups in total. The number of hydrogen-bond acceptors (Lipinski definition) is 4. The van der Waals surface area contributed by atoms with Gasteiger partial charge in [0.25, 0.3) is 0 Å². The van der Waals surface area contributed by atoms with E-state index >= 15 is 0 Å². The first-order chi connectivity index (χ1) is 14.9. The second-order valence-corrected chi connectivity index (χ2v) is 11.6. The lowest BCUT2D eigenvalue weighted by molar-refractivity contribution is -0.189. The lowest BCUT2D eigenvalue weighted by Gasteiger charge is -2.59. The van der Waals surface area contributed by atoms with Crippen molar-refractivity contribution >= 4 is 23.6 Å². The van der Waals surface area contributed by atoms with Crippen LogP contribution in [0.25, 0.3) is 0 Å². The van der Waals surface area contributed by atoms with E-state index in [-0.39, 0.29) is 65.2 Å². The molecule has 0 spiro atoms. The van der Waals surface area contributed by atoms with Crippen molar-refractivity contribution in [1.29, 1.82) is 0 Å². The number of likely N-dealkylation sites (tertiary alicyclic amines) is 2. The van der Waals surface area contributed by atoms with Crippen LogP contribution in [0.5, 0.6) is 0 Å². The Labute approximate surface area is 184 Å². The van der Waals surface area contributed by atoms with Crippen LogP contribution >= 0.6 is 0 Å². The van der Waals surface area contributed by atoms with Gasteiger partial charge in [0.1, 0.15) is 0 Å². The number of nitrogens with zero attached hydrogens (tertiary/aromatic N) is 2. The van der Waals surface area contributed by atoms with Gasteiger partial charge in [-0.3, -0.25) is 29.0 Å². The summed E-state index contributed by atoms with van der Waals surface area (Å²) in [7, 11) is 1.53. The lowest BCUT2D eigenvalue weighted by Crippen LogP contribution is -2.66. The fourth-order valence-electron chi connectivity index (χ4n) is 8.36. The summed E-state index contributed by atoms with van der Waals surface area (Å²) < 4.78 is 0. The number of rotatable bonds is 3. The number of carbonyl (C=O) groups excluding carboxylic acids is 4. The maximum atomic E-state index is 13.2. The predicted molar refractivity (Wildman–Crippen MR) is 112 cm³/mol. The van der Waals surface area contributed by atoms with E-state index in [9.17, 15) is 19.2 Å². The molecular formula is C25H34N2O4. The van der Waals surface area contributed by atoms with Gasteiger partial charge in [0, 0.05) is 13.1 Å². The number of hydrogen-bond donors (Lipinski definition) is 0. The zero-order valence-corrected chi connectivity index (χ0v) is 18.7. The fourth-order valence-corrected chi connectivity index (χ4v) is 8.36. The molecule has 168 valence electrons. The highest BCUT2D eigenvalue weighted by atomic mass is 16.2. The SMILES string of the molecule is CC1CCC(CC2CCC(N3C(=O)C4C(C3=O)C3C5C(=O)N(C)C(=O)C5C43)CC2)CC1. The molecule has 6 heteroatoms. The molecule has 6 rings (SSSR count). The molecule has 0 bridgehead atoms. The van der Waals surface area contributed by atoms with E-state index in [0.717, 1.165) is 43.4 Å². The minimum Gasteiger partial charge on any atom is -0.285 e. The second-order valence-electron chi connectivity index (χ2n) is 11.6. The van der Waals surface area contributed by atoms with E-state index in [1.54, 1.807) is 4.90 Å². The molecule has 6 atom stereocenters. The Balaban J connectivity index is 1.09. The van der Waals surface area contributed by atoms with Crippen molar-refractivity contribution < 1.29 is 19.2 Å². The van der Waals surface area contributed by atoms with E-state index in [0.29, 0.717) is 0 Å². The Morgan fingerprint density at radius 1 is 0.645 bits per heavy atom. The molecule has 2 aliphatic heterocycles. The summed E-state index contributed by atoms with van der Waals surface area (Å²) in [4.78, 5) is 54.2. The molecule has 0 radical (unpaired) electrons. The maximum absolute atomic E-state index is 13.2. The van der Waals surface area contributed by atoms with Gasteiger partial charge in [-0.15, -0.1) is 0 Å². The topological polar surface area (TPSA) is 74.8 Å². The van der Waals surface area contributed by atoms with Gasteiger partial charge in [-0.1, -0.05) is 32.6 Å². The summed E-state index contributed by atoms with van der Waals surface area (Å²) in [5, 5.41) is 0. The lowest BCUT2D eigenvalue weighted by atomic mass is 9.39. The Morgan fingerprint density at radius 3 is 1.55 bits per heavy atom. The van der Waals surface area contributed by atoms with Gasteiger partial charge >= 0.3 is 0 Å². The molecule has 2 heterocycles. The van der Waals surface area contributed by atoms with Crippen LogP contribution < -0.4 is 0 Å². The first-order valence-corrected chi connectivity index (χ1v) is 12.6. The Kier molecular flexibility index (Phi) is 4.43. The zero-order valence-electron chi connectivity index (χ0n) is 18.7. The average Bonchev–Trinajstić information content (AvgIpc) is 3.05. The molecule has 6 nitrogen and oxygen atoms in total. The highest BCUT2D eigenvalue weighted by Gasteiger charge is 2.79. The van der Waals surface area contributed by atoms with Crippen LogP contribution in [0.15, 0.2) is 0 Å². The van der Waals surface area contributed by atoms with Crippen LogP contribution in [-0.2, 0) is 19.2 Å². The molecule has 0 aromatic rings. The second kappa shape index (κ2) is 6.89. The summed E-state index contributed by atoms with van der Waals surface area (Å²) in [5.74, 6) is 0.547. The highest BCUT2D eigenvalue weighted by molar-refractivity contribution is 6.12. The molecule has 31 heavy (non-hydrogen) atoms. The van der Waals surface area contributed by atoms with Crippen molar-refractivity contribution in [3.05, 3.63) is 0 Å². The van der Waals surface area contributed by atoms with Crippen molar-refractivity contribution in [2.45, 2.75) is 70.8 Å². The minimum atomic E-state index is -0.352. The van der Waals surface area contributed by atoms with Gasteiger partial charge in [-0.25, -0.2) is 0 Å². The monoisotopic (exact) mass is 426 g/mol. The summed E-state index contributed by atoms with van der Waals surface area (Å²) in [6.45, 7) is 2.36. The van der Waals surface area contributed by atoms with Crippen LogP contribution in [0.1, 0.15) is 64.7 Å². The first-order valence-electron chi connectivity index (χ1n) is 12.6.